The predicted octanol–water partition coefficient (Wildman–Crippen LogP) is 5.24. The number of cyclic esters (lactones) is 1. The van der Waals surface area contributed by atoms with Crippen LogP contribution in [0.2, 0.25) is 0 Å². The molecule has 1 aliphatic heterocycles. The van der Waals surface area contributed by atoms with Crippen molar-refractivity contribution in [2.45, 2.75) is 48.6 Å². The quantitative estimate of drug-likeness (QED) is 0.323. The number of carbonyl (C=O) groups excluding carboxylic acids is 1. The lowest BCUT2D eigenvalue weighted by Gasteiger charge is -2.30. The summed E-state index contributed by atoms with van der Waals surface area (Å²) >= 11 is 0. The largest absolute Gasteiger partial charge is 0.447 e. The lowest BCUT2D eigenvalue weighted by molar-refractivity contribution is 0.115. The van der Waals surface area contributed by atoms with E-state index < -0.39 is 21.3 Å². The van der Waals surface area contributed by atoms with Crippen molar-refractivity contribution >= 4 is 15.9 Å². The van der Waals surface area contributed by atoms with Gasteiger partial charge in [-0.3, -0.25) is 4.90 Å². The average Bonchev–Trinajstić information content (AvgIpc) is 3.24. The lowest BCUT2D eigenvalue weighted by Crippen LogP contribution is -2.47. The van der Waals surface area contributed by atoms with Crippen molar-refractivity contribution in [1.82, 2.24) is 4.90 Å². The molecule has 0 aliphatic carbocycles. The molecular weight excluding hydrogens is 462 g/mol. The number of hydrogen-bond donors (Lipinski definition) is 0. The fourth-order valence-electron chi connectivity index (χ4n) is 4.37. The van der Waals surface area contributed by atoms with Gasteiger partial charge in [0.1, 0.15) is 12.0 Å². The maximum Gasteiger partial charge on any atom is 0.411 e. The Balaban J connectivity index is 1.46. The first-order valence-corrected chi connectivity index (χ1v) is 13.5. The molecule has 1 aliphatic rings. The second kappa shape index (κ2) is 12.0. The van der Waals surface area contributed by atoms with Crippen molar-refractivity contribution in [2.24, 2.45) is 0 Å². The highest BCUT2D eigenvalue weighted by atomic mass is 32.2. The molecule has 0 radical (unpaired) electrons. The number of benzene rings is 3. The third-order valence-electron chi connectivity index (χ3n) is 6.16. The van der Waals surface area contributed by atoms with E-state index in [1.807, 2.05) is 60.7 Å². The molecule has 0 spiro atoms. The molecule has 0 N–H and O–H groups in total. The van der Waals surface area contributed by atoms with Crippen molar-refractivity contribution in [3.63, 3.8) is 0 Å². The lowest BCUT2D eigenvalue weighted by atomic mass is 10.1. The van der Waals surface area contributed by atoms with Crippen molar-refractivity contribution in [2.75, 3.05) is 13.2 Å². The van der Waals surface area contributed by atoms with Crippen LogP contribution in [-0.2, 0) is 32.3 Å². The standard InChI is InChI=1S/C28H31NO5S/c30-28-29(25(22-34-28)20-23-12-4-1-5-13-23)27(35(31,32)26-16-8-3-9-17-26)18-10-11-19-33-21-24-14-6-2-7-15-24/h1-9,12-17,25,27H,10-11,18-22H2/t25-,27+/m0/s1. The number of nitrogens with zero attached hydrogens (tertiary/aromatic N) is 1. The Morgan fingerprint density at radius 1 is 0.857 bits per heavy atom. The van der Waals surface area contributed by atoms with Crippen LogP contribution in [0.5, 0.6) is 0 Å². The fourth-order valence-corrected chi connectivity index (χ4v) is 6.25. The molecule has 1 heterocycles. The highest BCUT2D eigenvalue weighted by molar-refractivity contribution is 7.92. The summed E-state index contributed by atoms with van der Waals surface area (Å²) in [6.07, 6.45) is 1.57. The third-order valence-corrected chi connectivity index (χ3v) is 8.27. The molecule has 0 bridgehead atoms. The van der Waals surface area contributed by atoms with Gasteiger partial charge in [0.05, 0.1) is 17.5 Å². The van der Waals surface area contributed by atoms with Crippen LogP contribution >= 0.6 is 0 Å². The number of hydrogen-bond acceptors (Lipinski definition) is 5. The Labute approximate surface area is 207 Å². The molecule has 1 amide bonds. The molecule has 35 heavy (non-hydrogen) atoms. The van der Waals surface area contributed by atoms with Gasteiger partial charge < -0.3 is 9.47 Å². The van der Waals surface area contributed by atoms with Crippen LogP contribution < -0.4 is 0 Å². The van der Waals surface area contributed by atoms with Gasteiger partial charge >= 0.3 is 6.09 Å². The zero-order valence-electron chi connectivity index (χ0n) is 19.7. The number of rotatable bonds is 12. The van der Waals surface area contributed by atoms with E-state index in [9.17, 15) is 13.2 Å². The first kappa shape index (κ1) is 24.9. The molecule has 1 fully saturated rings. The molecule has 7 heteroatoms. The molecule has 2 atom stereocenters. The van der Waals surface area contributed by atoms with Gasteiger partial charge in [-0.2, -0.15) is 0 Å². The maximum atomic E-state index is 13.7. The van der Waals surface area contributed by atoms with Gasteiger partial charge in [0.25, 0.3) is 0 Å². The Morgan fingerprint density at radius 2 is 1.46 bits per heavy atom. The highest BCUT2D eigenvalue weighted by Crippen LogP contribution is 2.29. The van der Waals surface area contributed by atoms with Gasteiger partial charge in [0.15, 0.2) is 9.84 Å². The van der Waals surface area contributed by atoms with Crippen molar-refractivity contribution in [3.8, 4) is 0 Å². The molecule has 6 nitrogen and oxygen atoms in total. The number of sulfone groups is 1. The van der Waals surface area contributed by atoms with Crippen LogP contribution in [0.3, 0.4) is 0 Å². The minimum Gasteiger partial charge on any atom is -0.447 e. The van der Waals surface area contributed by atoms with Crippen molar-refractivity contribution < 1.29 is 22.7 Å². The highest BCUT2D eigenvalue weighted by Gasteiger charge is 2.44. The van der Waals surface area contributed by atoms with Crippen molar-refractivity contribution in [1.29, 1.82) is 0 Å². The molecule has 1 saturated heterocycles. The van der Waals surface area contributed by atoms with Crippen LogP contribution in [0, 0.1) is 0 Å². The maximum absolute atomic E-state index is 13.7. The van der Waals surface area contributed by atoms with E-state index >= 15 is 0 Å². The summed E-state index contributed by atoms with van der Waals surface area (Å²) in [7, 11) is -3.79. The first-order valence-electron chi connectivity index (χ1n) is 12.0. The first-order chi connectivity index (χ1) is 17.1. The predicted molar refractivity (Wildman–Crippen MR) is 134 cm³/mol. The summed E-state index contributed by atoms with van der Waals surface area (Å²) in [6, 6.07) is 27.7. The van der Waals surface area contributed by atoms with Crippen molar-refractivity contribution in [3.05, 3.63) is 102 Å². The SMILES string of the molecule is O=C1OC[C@H](Cc2ccccc2)N1[C@@H](CCCCOCc1ccccc1)S(=O)(=O)c1ccccc1. The van der Waals surface area contributed by atoms with Gasteiger partial charge in [-0.25, -0.2) is 13.2 Å². The van der Waals surface area contributed by atoms with E-state index in [1.54, 1.807) is 30.3 Å². The van der Waals surface area contributed by atoms with Crippen LogP contribution in [0.1, 0.15) is 30.4 Å². The Kier molecular flexibility index (Phi) is 8.55. The van der Waals surface area contributed by atoms with Gasteiger partial charge in [-0.15, -0.1) is 0 Å². The summed E-state index contributed by atoms with van der Waals surface area (Å²) in [5, 5.41) is -0.997. The zero-order valence-corrected chi connectivity index (χ0v) is 20.5. The fraction of sp³-hybridized carbons (Fsp3) is 0.321. The van der Waals surface area contributed by atoms with Gasteiger partial charge in [0.2, 0.25) is 0 Å². The van der Waals surface area contributed by atoms with Crippen LogP contribution in [0.4, 0.5) is 4.79 Å². The Bertz CT molecular complexity index is 1170. The summed E-state index contributed by atoms with van der Waals surface area (Å²) < 4.78 is 38.5. The number of unbranched alkanes of at least 4 members (excludes halogenated alkanes) is 1. The van der Waals surface area contributed by atoms with Crippen LogP contribution in [0.25, 0.3) is 0 Å². The molecule has 0 aromatic heterocycles. The minimum atomic E-state index is -3.79. The van der Waals surface area contributed by atoms with Gasteiger partial charge in [-0.1, -0.05) is 78.9 Å². The van der Waals surface area contributed by atoms with E-state index in [1.165, 1.54) is 4.90 Å². The van der Waals surface area contributed by atoms with E-state index in [4.69, 9.17) is 9.47 Å². The second-order valence-corrected chi connectivity index (χ2v) is 10.8. The molecule has 0 saturated carbocycles. The Hall–Kier alpha value is -3.16. The van der Waals surface area contributed by atoms with Gasteiger partial charge in [-0.05, 0) is 48.9 Å². The van der Waals surface area contributed by atoms with E-state index in [-0.39, 0.29) is 17.5 Å². The summed E-state index contributed by atoms with van der Waals surface area (Å²) in [5.41, 5.74) is 2.13. The molecule has 4 rings (SSSR count). The van der Waals surface area contributed by atoms with Crippen LogP contribution in [-0.4, -0.2) is 44.0 Å². The average molecular weight is 494 g/mol. The molecule has 184 valence electrons. The molecule has 3 aromatic carbocycles. The Morgan fingerprint density at radius 3 is 2.11 bits per heavy atom. The number of carbonyl (C=O) groups is 1. The summed E-state index contributed by atoms with van der Waals surface area (Å²) in [5.74, 6) is 0. The second-order valence-electron chi connectivity index (χ2n) is 8.67. The summed E-state index contributed by atoms with van der Waals surface area (Å²) in [4.78, 5) is 14.5. The number of ether oxygens (including phenoxy) is 2. The van der Waals surface area contributed by atoms with E-state index in [0.29, 0.717) is 38.9 Å². The van der Waals surface area contributed by atoms with E-state index in [0.717, 1.165) is 11.1 Å². The zero-order chi connectivity index (χ0) is 24.5. The molecular formula is C28H31NO5S. The molecule has 0 unspecified atom stereocenters. The monoisotopic (exact) mass is 493 g/mol. The third kappa shape index (κ3) is 6.50. The van der Waals surface area contributed by atoms with Gasteiger partial charge in [0, 0.05) is 6.61 Å². The minimum absolute atomic E-state index is 0.175. The van der Waals surface area contributed by atoms with Crippen LogP contribution in [0.15, 0.2) is 95.9 Å². The summed E-state index contributed by atoms with van der Waals surface area (Å²) in [6.45, 7) is 1.21. The van der Waals surface area contributed by atoms with E-state index in [2.05, 4.69) is 0 Å². The molecule has 3 aromatic rings. The number of amides is 1. The topological polar surface area (TPSA) is 72.9 Å². The normalized spacial score (nSPS) is 16.7. The smallest absolute Gasteiger partial charge is 0.411 e.